The van der Waals surface area contributed by atoms with Crippen molar-refractivity contribution in [2.45, 2.75) is 6.92 Å². The normalized spacial score (nSPS) is 12.6. The largest absolute Gasteiger partial charge is 0.452 e. The molecule has 2 heterocycles. The number of rotatable bonds is 5. The Morgan fingerprint density at radius 2 is 1.77 bits per heavy atom. The molecule has 0 saturated heterocycles. The van der Waals surface area contributed by atoms with Crippen LogP contribution in [-0.2, 0) is 9.53 Å². The number of hydrogen-bond donors (Lipinski definition) is 1. The fourth-order valence-corrected chi connectivity index (χ4v) is 3.81. The summed E-state index contributed by atoms with van der Waals surface area (Å²) in [5, 5.41) is 11.0. The number of esters is 1. The molecule has 31 heavy (non-hydrogen) atoms. The van der Waals surface area contributed by atoms with Crippen molar-refractivity contribution >= 4 is 61.8 Å². The summed E-state index contributed by atoms with van der Waals surface area (Å²) in [6, 6.07) is 10.9. The molecule has 0 bridgehead atoms. The fourth-order valence-electron chi connectivity index (χ4n) is 2.86. The maximum Gasteiger partial charge on any atom is 0.338 e. The number of benzene rings is 2. The second-order valence-corrected chi connectivity index (χ2v) is 8.52. The number of carbonyl (C=O) groups excluding carboxylic acids is 4. The molecule has 0 radical (unpaired) electrons. The van der Waals surface area contributed by atoms with Crippen LogP contribution in [0.15, 0.2) is 46.9 Å². The van der Waals surface area contributed by atoms with Gasteiger partial charge in [-0.05, 0) is 49.4 Å². The second-order valence-electron chi connectivity index (χ2n) is 6.44. The molecule has 1 aromatic heterocycles. The summed E-state index contributed by atoms with van der Waals surface area (Å²) < 4.78 is 5.89. The van der Waals surface area contributed by atoms with E-state index >= 15 is 0 Å². The Labute approximate surface area is 188 Å². The first kappa shape index (κ1) is 20.8. The molecule has 11 heteroatoms. The molecule has 0 aliphatic carbocycles. The fraction of sp³-hybridized carbons (Fsp3) is 0.100. The van der Waals surface area contributed by atoms with E-state index in [9.17, 15) is 19.2 Å². The van der Waals surface area contributed by atoms with Crippen molar-refractivity contribution in [1.82, 2.24) is 10.2 Å². The van der Waals surface area contributed by atoms with Gasteiger partial charge in [0, 0.05) is 10.2 Å². The van der Waals surface area contributed by atoms with E-state index in [1.54, 1.807) is 31.2 Å². The molecule has 1 N–H and O–H groups in total. The summed E-state index contributed by atoms with van der Waals surface area (Å²) in [5.41, 5.74) is 0.818. The van der Waals surface area contributed by atoms with E-state index in [0.717, 1.165) is 20.7 Å². The van der Waals surface area contributed by atoms with E-state index in [2.05, 4.69) is 31.4 Å². The van der Waals surface area contributed by atoms with E-state index in [-0.39, 0.29) is 21.8 Å². The summed E-state index contributed by atoms with van der Waals surface area (Å²) in [4.78, 5) is 50.6. The van der Waals surface area contributed by atoms with Crippen molar-refractivity contribution in [1.29, 1.82) is 0 Å². The highest BCUT2D eigenvalue weighted by Gasteiger charge is 2.39. The lowest BCUT2D eigenvalue weighted by atomic mass is 10.1. The molecular weight excluding hydrogens is 488 g/mol. The van der Waals surface area contributed by atoms with Crippen LogP contribution < -0.4 is 10.2 Å². The zero-order valence-corrected chi connectivity index (χ0v) is 18.3. The number of amides is 3. The van der Waals surface area contributed by atoms with Gasteiger partial charge in [-0.25, -0.2) is 9.69 Å². The lowest BCUT2D eigenvalue weighted by Crippen LogP contribution is -2.29. The van der Waals surface area contributed by atoms with Crippen LogP contribution in [0.1, 0.15) is 36.1 Å². The molecule has 1 aliphatic heterocycles. The monoisotopic (exact) mass is 500 g/mol. The van der Waals surface area contributed by atoms with Gasteiger partial charge < -0.3 is 10.1 Å². The van der Waals surface area contributed by atoms with E-state index in [1.807, 2.05) is 0 Å². The van der Waals surface area contributed by atoms with Crippen molar-refractivity contribution in [3.63, 3.8) is 0 Å². The SMILES string of the molecule is Cc1nnc(N2C(=O)c3ccc(C(=O)OCC(=O)Nc4ccc(Br)cc4)cc3C2=O)s1. The highest BCUT2D eigenvalue weighted by atomic mass is 79.9. The summed E-state index contributed by atoms with van der Waals surface area (Å²) >= 11 is 4.41. The Morgan fingerprint density at radius 3 is 2.45 bits per heavy atom. The third-order valence-corrected chi connectivity index (χ3v) is 5.64. The van der Waals surface area contributed by atoms with E-state index in [4.69, 9.17) is 4.74 Å². The van der Waals surface area contributed by atoms with Crippen molar-refractivity contribution in [3.8, 4) is 0 Å². The molecule has 156 valence electrons. The number of fused-ring (bicyclic) bond motifs is 1. The zero-order valence-electron chi connectivity index (χ0n) is 15.9. The summed E-state index contributed by atoms with van der Waals surface area (Å²) in [6.45, 7) is 1.20. The number of carbonyl (C=O) groups is 4. The Balaban J connectivity index is 1.43. The first-order chi connectivity index (χ1) is 14.8. The van der Waals surface area contributed by atoms with Crippen LogP contribution >= 0.6 is 27.3 Å². The number of imide groups is 1. The minimum atomic E-state index is -0.792. The average Bonchev–Trinajstić information content (AvgIpc) is 3.28. The number of halogens is 1. The number of nitrogens with one attached hydrogen (secondary N) is 1. The van der Waals surface area contributed by atoms with E-state index in [0.29, 0.717) is 10.7 Å². The lowest BCUT2D eigenvalue weighted by molar-refractivity contribution is -0.119. The Kier molecular flexibility index (Phi) is 5.61. The van der Waals surface area contributed by atoms with Gasteiger partial charge in [-0.3, -0.25) is 14.4 Å². The van der Waals surface area contributed by atoms with Gasteiger partial charge in [0.1, 0.15) is 5.01 Å². The van der Waals surface area contributed by atoms with Crippen LogP contribution in [0, 0.1) is 6.92 Å². The molecule has 9 nitrogen and oxygen atoms in total. The van der Waals surface area contributed by atoms with Gasteiger partial charge in [0.2, 0.25) is 5.13 Å². The van der Waals surface area contributed by atoms with Crippen molar-refractivity contribution in [3.05, 3.63) is 68.6 Å². The quantitative estimate of drug-likeness (QED) is 0.421. The first-order valence-electron chi connectivity index (χ1n) is 8.89. The minimum absolute atomic E-state index is 0.0478. The van der Waals surface area contributed by atoms with Crippen LogP contribution in [0.2, 0.25) is 0 Å². The first-order valence-corrected chi connectivity index (χ1v) is 10.5. The van der Waals surface area contributed by atoms with Crippen LogP contribution in [0.3, 0.4) is 0 Å². The number of ether oxygens (including phenoxy) is 1. The summed E-state index contributed by atoms with van der Waals surface area (Å²) in [5.74, 6) is -2.44. The number of aromatic nitrogens is 2. The van der Waals surface area contributed by atoms with Crippen molar-refractivity contribution in [2.75, 3.05) is 16.8 Å². The van der Waals surface area contributed by atoms with E-state index in [1.165, 1.54) is 18.2 Å². The third-order valence-electron chi connectivity index (χ3n) is 4.29. The van der Waals surface area contributed by atoms with Crippen LogP contribution in [0.4, 0.5) is 10.8 Å². The molecule has 0 spiro atoms. The van der Waals surface area contributed by atoms with Gasteiger partial charge in [-0.1, -0.05) is 27.3 Å². The molecule has 3 amide bonds. The number of aryl methyl sites for hydroxylation is 1. The number of hydrogen-bond acceptors (Lipinski definition) is 8. The van der Waals surface area contributed by atoms with Crippen LogP contribution in [-0.4, -0.2) is 40.5 Å². The Bertz CT molecular complexity index is 1220. The molecule has 0 fully saturated rings. The van der Waals surface area contributed by atoms with Crippen molar-refractivity contribution in [2.24, 2.45) is 0 Å². The van der Waals surface area contributed by atoms with Gasteiger partial charge in [0.25, 0.3) is 17.7 Å². The van der Waals surface area contributed by atoms with Gasteiger partial charge in [0.05, 0.1) is 16.7 Å². The minimum Gasteiger partial charge on any atom is -0.452 e. The maximum atomic E-state index is 12.7. The van der Waals surface area contributed by atoms with Gasteiger partial charge in [0.15, 0.2) is 6.61 Å². The predicted molar refractivity (Wildman–Crippen MR) is 115 cm³/mol. The van der Waals surface area contributed by atoms with Crippen molar-refractivity contribution < 1.29 is 23.9 Å². The summed E-state index contributed by atoms with van der Waals surface area (Å²) in [7, 11) is 0. The molecular formula is C20H13BrN4O5S. The van der Waals surface area contributed by atoms with Gasteiger partial charge in [-0.2, -0.15) is 0 Å². The van der Waals surface area contributed by atoms with Gasteiger partial charge in [-0.15, -0.1) is 10.2 Å². The third kappa shape index (κ3) is 4.23. The van der Waals surface area contributed by atoms with Gasteiger partial charge >= 0.3 is 5.97 Å². The zero-order chi connectivity index (χ0) is 22.1. The Hall–Kier alpha value is -3.44. The number of anilines is 2. The average molecular weight is 501 g/mol. The van der Waals surface area contributed by atoms with E-state index < -0.39 is 30.3 Å². The smallest absolute Gasteiger partial charge is 0.338 e. The molecule has 4 rings (SSSR count). The second kappa shape index (κ2) is 8.36. The van der Waals surface area contributed by atoms with Crippen LogP contribution in [0.25, 0.3) is 0 Å². The topological polar surface area (TPSA) is 119 Å². The molecule has 0 atom stereocenters. The van der Waals surface area contributed by atoms with Crippen LogP contribution in [0.5, 0.6) is 0 Å². The summed E-state index contributed by atoms with van der Waals surface area (Å²) in [6.07, 6.45) is 0. The molecule has 2 aromatic carbocycles. The lowest BCUT2D eigenvalue weighted by Gasteiger charge is -2.07. The molecule has 0 unspecified atom stereocenters. The highest BCUT2D eigenvalue weighted by Crippen LogP contribution is 2.31. The molecule has 3 aromatic rings. The molecule has 0 saturated carbocycles. The Morgan fingerprint density at radius 1 is 1.06 bits per heavy atom. The number of nitrogens with zero attached hydrogens (tertiary/aromatic N) is 3. The molecule has 1 aliphatic rings. The maximum absolute atomic E-state index is 12.7. The predicted octanol–water partition coefficient (Wildman–Crippen LogP) is 3.21. The standard InChI is InChI=1S/C20H13BrN4O5S/c1-10-23-24-20(31-10)25-17(27)14-7-2-11(8-15(14)18(25)28)19(29)30-9-16(26)22-13-5-3-12(21)4-6-13/h2-8H,9H2,1H3,(H,22,26). The highest BCUT2D eigenvalue weighted by molar-refractivity contribution is 9.10.